The second-order valence-electron chi connectivity index (χ2n) is 6.92. The highest BCUT2D eigenvalue weighted by Crippen LogP contribution is 2.36. The van der Waals surface area contributed by atoms with Gasteiger partial charge < -0.3 is 14.5 Å². The van der Waals surface area contributed by atoms with Gasteiger partial charge >= 0.3 is 5.97 Å². The topological polar surface area (TPSA) is 137 Å². The molecule has 0 aliphatic rings. The third-order valence-corrected chi connectivity index (χ3v) is 6.39. The fraction of sp³-hybridized carbons (Fsp3) is 0.130. The summed E-state index contributed by atoms with van der Waals surface area (Å²) in [7, 11) is 0. The Morgan fingerprint density at radius 2 is 1.86 bits per heavy atom. The van der Waals surface area contributed by atoms with Crippen molar-refractivity contribution in [1.82, 2.24) is 10.2 Å². The summed E-state index contributed by atoms with van der Waals surface area (Å²) in [6.45, 7) is 1.91. The van der Waals surface area contributed by atoms with Crippen molar-refractivity contribution in [3.8, 4) is 22.6 Å². The van der Waals surface area contributed by atoms with Crippen LogP contribution in [0.1, 0.15) is 17.3 Å². The van der Waals surface area contributed by atoms with Gasteiger partial charge in [-0.2, -0.15) is 0 Å². The number of nitro benzene ring substituents is 1. The molecule has 2 aromatic carbocycles. The highest BCUT2D eigenvalue weighted by Gasteiger charge is 2.24. The Labute approximate surface area is 207 Å². The minimum absolute atomic E-state index is 0.0180. The smallest absolute Gasteiger partial charge is 0.341 e. The normalized spacial score (nSPS) is 10.7. The molecular formula is C23H18N4O6S2. The summed E-state index contributed by atoms with van der Waals surface area (Å²) in [5.41, 5.74) is 1.81. The van der Waals surface area contributed by atoms with Crippen molar-refractivity contribution in [2.24, 2.45) is 0 Å². The number of ether oxygens (including phenoxy) is 1. The molecule has 2 heterocycles. The van der Waals surface area contributed by atoms with Crippen molar-refractivity contribution in [3.63, 3.8) is 0 Å². The number of para-hydroxylation sites is 1. The lowest BCUT2D eigenvalue weighted by Gasteiger charge is -2.08. The Morgan fingerprint density at radius 1 is 1.11 bits per heavy atom. The third kappa shape index (κ3) is 5.55. The minimum Gasteiger partial charge on any atom is -0.462 e. The van der Waals surface area contributed by atoms with Crippen LogP contribution in [0.25, 0.3) is 22.6 Å². The molecule has 0 atom stereocenters. The third-order valence-electron chi connectivity index (χ3n) is 4.67. The zero-order valence-electron chi connectivity index (χ0n) is 18.3. The van der Waals surface area contributed by atoms with E-state index in [0.29, 0.717) is 10.6 Å². The van der Waals surface area contributed by atoms with Gasteiger partial charge in [0.05, 0.1) is 17.3 Å². The number of thiophene rings is 1. The van der Waals surface area contributed by atoms with E-state index in [1.165, 1.54) is 29.5 Å². The number of carbonyl (C=O) groups excluding carboxylic acids is 2. The fourth-order valence-electron chi connectivity index (χ4n) is 3.17. The van der Waals surface area contributed by atoms with E-state index < -0.39 is 16.8 Å². The van der Waals surface area contributed by atoms with Crippen molar-refractivity contribution in [2.75, 3.05) is 17.7 Å². The second kappa shape index (κ2) is 10.9. The van der Waals surface area contributed by atoms with Crippen molar-refractivity contribution < 1.29 is 23.7 Å². The largest absolute Gasteiger partial charge is 0.462 e. The number of hydrogen-bond donors (Lipinski definition) is 1. The average Bonchev–Trinajstić information content (AvgIpc) is 3.51. The van der Waals surface area contributed by atoms with Gasteiger partial charge in [0.1, 0.15) is 16.1 Å². The van der Waals surface area contributed by atoms with E-state index in [1.807, 2.05) is 30.3 Å². The van der Waals surface area contributed by atoms with Gasteiger partial charge in [-0.25, -0.2) is 4.79 Å². The van der Waals surface area contributed by atoms with Crippen LogP contribution in [0.2, 0.25) is 0 Å². The summed E-state index contributed by atoms with van der Waals surface area (Å²) in [6.07, 6.45) is 0. The maximum absolute atomic E-state index is 12.6. The number of thioether (sulfide) groups is 1. The highest BCUT2D eigenvalue weighted by atomic mass is 32.2. The molecule has 10 nitrogen and oxygen atoms in total. The van der Waals surface area contributed by atoms with E-state index in [4.69, 9.17) is 9.15 Å². The predicted molar refractivity (Wildman–Crippen MR) is 131 cm³/mol. The molecule has 35 heavy (non-hydrogen) atoms. The molecule has 0 fully saturated rings. The van der Waals surface area contributed by atoms with Gasteiger partial charge in [0, 0.05) is 17.0 Å². The Bertz CT molecular complexity index is 1370. The van der Waals surface area contributed by atoms with Crippen molar-refractivity contribution >= 4 is 45.7 Å². The summed E-state index contributed by atoms with van der Waals surface area (Å²) < 4.78 is 10.7. The van der Waals surface area contributed by atoms with E-state index in [2.05, 4.69) is 15.5 Å². The first-order valence-electron chi connectivity index (χ1n) is 10.3. The maximum Gasteiger partial charge on any atom is 0.341 e. The Morgan fingerprint density at radius 3 is 2.60 bits per heavy atom. The summed E-state index contributed by atoms with van der Waals surface area (Å²) >= 11 is 2.20. The molecule has 4 aromatic rings. The zero-order chi connectivity index (χ0) is 24.8. The number of nitrogens with one attached hydrogen (secondary N) is 1. The van der Waals surface area contributed by atoms with Crippen LogP contribution < -0.4 is 5.32 Å². The first-order valence-corrected chi connectivity index (χ1v) is 12.2. The summed E-state index contributed by atoms with van der Waals surface area (Å²) in [5, 5.41) is 23.9. The molecule has 178 valence electrons. The van der Waals surface area contributed by atoms with Gasteiger partial charge in [0.2, 0.25) is 5.91 Å². The lowest BCUT2D eigenvalue weighted by molar-refractivity contribution is -0.384. The van der Waals surface area contributed by atoms with Gasteiger partial charge in [0.25, 0.3) is 16.8 Å². The summed E-state index contributed by atoms with van der Waals surface area (Å²) in [5.74, 6) is -1.02. The minimum atomic E-state index is -0.536. The molecule has 1 amide bonds. The van der Waals surface area contributed by atoms with Crippen LogP contribution in [-0.4, -0.2) is 39.4 Å². The van der Waals surface area contributed by atoms with Crippen molar-refractivity contribution in [3.05, 3.63) is 75.7 Å². The Balaban J connectivity index is 1.47. The zero-order valence-corrected chi connectivity index (χ0v) is 19.9. The molecule has 0 unspecified atom stereocenters. The van der Waals surface area contributed by atoms with E-state index in [0.717, 1.165) is 17.3 Å². The van der Waals surface area contributed by atoms with Crippen LogP contribution in [0.4, 0.5) is 10.7 Å². The van der Waals surface area contributed by atoms with Crippen LogP contribution >= 0.6 is 23.1 Å². The number of amides is 1. The van der Waals surface area contributed by atoms with Crippen LogP contribution in [0, 0.1) is 10.1 Å². The average molecular weight is 511 g/mol. The molecule has 0 bridgehead atoms. The molecule has 2 aromatic heterocycles. The molecule has 1 N–H and O–H groups in total. The lowest BCUT2D eigenvalue weighted by Crippen LogP contribution is -2.16. The number of esters is 1. The van der Waals surface area contributed by atoms with E-state index in [-0.39, 0.29) is 40.3 Å². The SMILES string of the molecule is CCOC(=O)c1c(-c2ccccc2)csc1NC(=O)CSc1nnc(-c2ccccc2[N+](=O)[O-])o1. The van der Waals surface area contributed by atoms with Crippen LogP contribution in [0.15, 0.2) is 69.6 Å². The Kier molecular flexibility index (Phi) is 7.53. The van der Waals surface area contributed by atoms with Gasteiger partial charge in [-0.1, -0.05) is 54.2 Å². The van der Waals surface area contributed by atoms with Crippen LogP contribution in [0.3, 0.4) is 0 Å². The molecule has 0 aliphatic carbocycles. The Hall–Kier alpha value is -4.03. The predicted octanol–water partition coefficient (Wildman–Crippen LogP) is 5.28. The molecule has 0 radical (unpaired) electrons. The molecule has 12 heteroatoms. The van der Waals surface area contributed by atoms with Crippen LogP contribution in [-0.2, 0) is 9.53 Å². The number of nitrogens with zero attached hydrogens (tertiary/aromatic N) is 3. The maximum atomic E-state index is 12.6. The molecule has 0 aliphatic heterocycles. The fourth-order valence-corrected chi connectivity index (χ4v) is 4.70. The van der Waals surface area contributed by atoms with E-state index in [1.54, 1.807) is 18.4 Å². The number of rotatable bonds is 9. The van der Waals surface area contributed by atoms with Gasteiger partial charge in [0.15, 0.2) is 0 Å². The number of benzene rings is 2. The van der Waals surface area contributed by atoms with Crippen molar-refractivity contribution in [1.29, 1.82) is 0 Å². The standard InChI is InChI=1S/C23H18N4O6S2/c1-2-32-22(29)19-16(14-8-4-3-5-9-14)12-34-21(19)24-18(28)13-35-23-26-25-20(33-23)15-10-6-7-11-17(15)27(30)31/h3-12H,2,13H2,1H3,(H,24,28). The highest BCUT2D eigenvalue weighted by molar-refractivity contribution is 7.99. The molecule has 4 rings (SSSR count). The first-order chi connectivity index (χ1) is 17.0. The number of carbonyl (C=O) groups is 2. The molecule has 0 spiro atoms. The lowest BCUT2D eigenvalue weighted by atomic mass is 10.0. The molecule has 0 saturated heterocycles. The number of anilines is 1. The number of hydrogen-bond acceptors (Lipinski definition) is 10. The van der Waals surface area contributed by atoms with Crippen LogP contribution in [0.5, 0.6) is 0 Å². The monoisotopic (exact) mass is 510 g/mol. The van der Waals surface area contributed by atoms with Gasteiger partial charge in [-0.05, 0) is 18.6 Å². The number of nitro groups is 1. The van der Waals surface area contributed by atoms with Crippen molar-refractivity contribution in [2.45, 2.75) is 12.1 Å². The summed E-state index contributed by atoms with van der Waals surface area (Å²) in [4.78, 5) is 36.0. The molecule has 0 saturated carbocycles. The number of aromatic nitrogens is 2. The van der Waals surface area contributed by atoms with E-state index >= 15 is 0 Å². The quantitative estimate of drug-likeness (QED) is 0.138. The van der Waals surface area contributed by atoms with Gasteiger partial charge in [-0.15, -0.1) is 21.5 Å². The van der Waals surface area contributed by atoms with E-state index in [9.17, 15) is 19.7 Å². The molecular weight excluding hydrogens is 492 g/mol. The second-order valence-corrected chi connectivity index (χ2v) is 8.73. The van der Waals surface area contributed by atoms with Gasteiger partial charge in [-0.3, -0.25) is 14.9 Å². The first kappa shape index (κ1) is 24.1. The summed E-state index contributed by atoms with van der Waals surface area (Å²) in [6, 6.07) is 15.3.